The number of amides is 2. The van der Waals surface area contributed by atoms with Gasteiger partial charge in [-0.3, -0.25) is 14.6 Å². The Hall–Kier alpha value is -2.44. The van der Waals surface area contributed by atoms with Crippen LogP contribution in [0.25, 0.3) is 0 Å². The number of methoxy groups -OCH3 is 1. The molecule has 1 atom stereocenters. The molecule has 1 unspecified atom stereocenters. The first-order valence-electron chi connectivity index (χ1n) is 8.29. The Labute approximate surface area is 141 Å². The molecule has 7 heteroatoms. The number of carbonyl (C=O) groups excluding carboxylic acids is 2. The second-order valence-electron chi connectivity index (χ2n) is 6.26. The van der Waals surface area contributed by atoms with Gasteiger partial charge in [-0.15, -0.1) is 0 Å². The molecule has 3 rings (SSSR count). The van der Waals surface area contributed by atoms with Crippen LogP contribution in [0.5, 0.6) is 0 Å². The van der Waals surface area contributed by atoms with Crippen LogP contribution >= 0.6 is 0 Å². The van der Waals surface area contributed by atoms with Gasteiger partial charge in [0.15, 0.2) is 5.82 Å². The molecule has 1 saturated carbocycles. The van der Waals surface area contributed by atoms with Gasteiger partial charge >= 0.3 is 0 Å². The Bertz CT molecular complexity index is 626. The summed E-state index contributed by atoms with van der Waals surface area (Å²) in [5, 5.41) is 2.78. The van der Waals surface area contributed by atoms with Crippen molar-refractivity contribution in [2.24, 2.45) is 5.92 Å². The third kappa shape index (κ3) is 3.72. The molecule has 0 bridgehead atoms. The van der Waals surface area contributed by atoms with Gasteiger partial charge in [-0.05, 0) is 12.3 Å². The summed E-state index contributed by atoms with van der Waals surface area (Å²) < 4.78 is 5.17. The zero-order valence-corrected chi connectivity index (χ0v) is 13.8. The molecular weight excluding hydrogens is 308 g/mol. The van der Waals surface area contributed by atoms with Crippen LogP contribution in [0.4, 0.5) is 5.82 Å². The van der Waals surface area contributed by atoms with Crippen molar-refractivity contribution in [1.82, 2.24) is 14.9 Å². The van der Waals surface area contributed by atoms with E-state index in [4.69, 9.17) is 4.74 Å². The first-order valence-corrected chi connectivity index (χ1v) is 8.29. The number of nitrogens with one attached hydrogen (secondary N) is 1. The Morgan fingerprint density at radius 2 is 2.21 bits per heavy atom. The highest BCUT2D eigenvalue weighted by Crippen LogP contribution is 2.31. The van der Waals surface area contributed by atoms with Gasteiger partial charge in [0.25, 0.3) is 5.91 Å². The van der Waals surface area contributed by atoms with Gasteiger partial charge in [-0.2, -0.15) is 0 Å². The SMILES string of the molecule is COC1=CC(=O)N(C(CC2CCCC2)C(=O)Nc2cnccn2)C1. The molecule has 1 aromatic rings. The average molecular weight is 330 g/mol. The standard InChI is InChI=1S/C17H22N4O3/c1-24-13-9-16(22)21(11-13)14(8-12-4-2-3-5-12)17(23)20-15-10-18-6-7-19-15/h6-7,9-10,12,14H,2-5,8,11H2,1H3,(H,19,20,23). The highest BCUT2D eigenvalue weighted by molar-refractivity contribution is 5.99. The Balaban J connectivity index is 1.74. The van der Waals surface area contributed by atoms with E-state index in [1.807, 2.05) is 0 Å². The minimum absolute atomic E-state index is 0.177. The van der Waals surface area contributed by atoms with Crippen LogP contribution in [0.1, 0.15) is 32.1 Å². The normalized spacial score (nSPS) is 19.3. The fraction of sp³-hybridized carbons (Fsp3) is 0.529. The maximum atomic E-state index is 12.8. The third-order valence-electron chi connectivity index (χ3n) is 4.68. The summed E-state index contributed by atoms with van der Waals surface area (Å²) in [6.07, 6.45) is 11.3. The molecule has 128 valence electrons. The fourth-order valence-electron chi connectivity index (χ4n) is 3.41. The fourth-order valence-corrected chi connectivity index (χ4v) is 3.41. The molecule has 2 aliphatic rings. The average Bonchev–Trinajstić information content (AvgIpc) is 3.23. The van der Waals surface area contributed by atoms with Crippen molar-refractivity contribution in [3.05, 3.63) is 30.4 Å². The number of hydrogen-bond donors (Lipinski definition) is 1. The van der Waals surface area contributed by atoms with E-state index in [-0.39, 0.29) is 11.8 Å². The minimum atomic E-state index is -0.522. The Kier molecular flexibility index (Phi) is 5.08. The van der Waals surface area contributed by atoms with E-state index in [2.05, 4.69) is 15.3 Å². The van der Waals surface area contributed by atoms with Crippen LogP contribution in [0, 0.1) is 5.92 Å². The lowest BCUT2D eigenvalue weighted by molar-refractivity contribution is -0.134. The highest BCUT2D eigenvalue weighted by Gasteiger charge is 2.36. The minimum Gasteiger partial charge on any atom is -0.499 e. The van der Waals surface area contributed by atoms with Gasteiger partial charge < -0.3 is 15.0 Å². The summed E-state index contributed by atoms with van der Waals surface area (Å²) in [4.78, 5) is 34.7. The highest BCUT2D eigenvalue weighted by atomic mass is 16.5. The van der Waals surface area contributed by atoms with Crippen LogP contribution < -0.4 is 5.32 Å². The zero-order chi connectivity index (χ0) is 16.9. The summed E-state index contributed by atoms with van der Waals surface area (Å²) in [7, 11) is 1.54. The van der Waals surface area contributed by atoms with Crippen LogP contribution in [-0.4, -0.2) is 46.4 Å². The molecule has 7 nitrogen and oxygen atoms in total. The maximum Gasteiger partial charge on any atom is 0.251 e. The summed E-state index contributed by atoms with van der Waals surface area (Å²) in [5.74, 6) is 1.06. The molecule has 0 spiro atoms. The molecule has 2 amide bonds. The lowest BCUT2D eigenvalue weighted by atomic mass is 9.97. The first-order chi connectivity index (χ1) is 11.7. The Morgan fingerprint density at radius 1 is 1.42 bits per heavy atom. The molecule has 24 heavy (non-hydrogen) atoms. The summed E-state index contributed by atoms with van der Waals surface area (Å²) >= 11 is 0. The molecule has 1 N–H and O–H groups in total. The van der Waals surface area contributed by atoms with E-state index in [0.29, 0.717) is 30.5 Å². The number of ether oxygens (including phenoxy) is 1. The van der Waals surface area contributed by atoms with Crippen LogP contribution in [0.15, 0.2) is 30.4 Å². The van der Waals surface area contributed by atoms with Crippen molar-refractivity contribution in [3.8, 4) is 0 Å². The van der Waals surface area contributed by atoms with Crippen molar-refractivity contribution in [2.75, 3.05) is 19.0 Å². The van der Waals surface area contributed by atoms with E-state index < -0.39 is 6.04 Å². The number of carbonyl (C=O) groups is 2. The molecular formula is C17H22N4O3. The van der Waals surface area contributed by atoms with Gasteiger partial charge in [0, 0.05) is 18.5 Å². The zero-order valence-electron chi connectivity index (χ0n) is 13.8. The summed E-state index contributed by atoms with van der Waals surface area (Å²) in [6.45, 7) is 0.334. The van der Waals surface area contributed by atoms with Crippen LogP contribution in [0.2, 0.25) is 0 Å². The van der Waals surface area contributed by atoms with Crippen LogP contribution in [-0.2, 0) is 14.3 Å². The second kappa shape index (κ2) is 7.42. The Morgan fingerprint density at radius 3 is 2.83 bits per heavy atom. The molecule has 2 heterocycles. The second-order valence-corrected chi connectivity index (χ2v) is 6.26. The number of hydrogen-bond acceptors (Lipinski definition) is 5. The van der Waals surface area contributed by atoms with E-state index in [0.717, 1.165) is 12.8 Å². The maximum absolute atomic E-state index is 12.8. The number of rotatable bonds is 6. The van der Waals surface area contributed by atoms with Crippen molar-refractivity contribution in [3.63, 3.8) is 0 Å². The largest absolute Gasteiger partial charge is 0.499 e. The van der Waals surface area contributed by atoms with Crippen molar-refractivity contribution >= 4 is 17.6 Å². The quantitative estimate of drug-likeness (QED) is 0.859. The van der Waals surface area contributed by atoms with Gasteiger partial charge in [0.1, 0.15) is 11.8 Å². The van der Waals surface area contributed by atoms with Gasteiger partial charge in [0.2, 0.25) is 5.91 Å². The van der Waals surface area contributed by atoms with Crippen molar-refractivity contribution in [1.29, 1.82) is 0 Å². The summed E-state index contributed by atoms with van der Waals surface area (Å²) in [5.41, 5.74) is 0. The number of nitrogens with zero attached hydrogens (tertiary/aromatic N) is 3. The summed E-state index contributed by atoms with van der Waals surface area (Å²) in [6, 6.07) is -0.522. The number of anilines is 1. The smallest absolute Gasteiger partial charge is 0.251 e. The third-order valence-corrected chi connectivity index (χ3v) is 4.68. The molecule has 0 radical (unpaired) electrons. The van der Waals surface area contributed by atoms with E-state index in [1.165, 1.54) is 38.4 Å². The van der Waals surface area contributed by atoms with E-state index >= 15 is 0 Å². The first kappa shape index (κ1) is 16.4. The van der Waals surface area contributed by atoms with Crippen molar-refractivity contribution in [2.45, 2.75) is 38.1 Å². The predicted molar refractivity (Wildman–Crippen MR) is 87.8 cm³/mol. The molecule has 0 saturated heterocycles. The number of aromatic nitrogens is 2. The lowest BCUT2D eigenvalue weighted by Crippen LogP contribution is -2.46. The molecule has 0 aromatic carbocycles. The molecule has 1 aromatic heterocycles. The van der Waals surface area contributed by atoms with Crippen LogP contribution in [0.3, 0.4) is 0 Å². The molecule has 1 aliphatic heterocycles. The van der Waals surface area contributed by atoms with Gasteiger partial charge in [-0.25, -0.2) is 4.98 Å². The van der Waals surface area contributed by atoms with Gasteiger partial charge in [-0.1, -0.05) is 25.7 Å². The van der Waals surface area contributed by atoms with Gasteiger partial charge in [0.05, 0.1) is 19.9 Å². The van der Waals surface area contributed by atoms with E-state index in [9.17, 15) is 9.59 Å². The topological polar surface area (TPSA) is 84.4 Å². The monoisotopic (exact) mass is 330 g/mol. The lowest BCUT2D eigenvalue weighted by Gasteiger charge is -2.29. The molecule has 1 aliphatic carbocycles. The predicted octanol–water partition coefficient (Wildman–Crippen LogP) is 1.74. The molecule has 1 fully saturated rings. The van der Waals surface area contributed by atoms with E-state index in [1.54, 1.807) is 11.1 Å². The van der Waals surface area contributed by atoms with Crippen molar-refractivity contribution < 1.29 is 14.3 Å².